The number of ether oxygens (including phenoxy) is 1. The molecule has 0 aliphatic carbocycles. The Bertz CT molecular complexity index is 1550. The Morgan fingerprint density at radius 3 is 2.64 bits per heavy atom. The van der Waals surface area contributed by atoms with Gasteiger partial charge in [-0.15, -0.1) is 11.3 Å². The van der Waals surface area contributed by atoms with Gasteiger partial charge in [-0.3, -0.25) is 19.6 Å². The fourth-order valence-electron chi connectivity index (χ4n) is 6.82. The van der Waals surface area contributed by atoms with Crippen LogP contribution in [0.3, 0.4) is 0 Å². The van der Waals surface area contributed by atoms with Crippen LogP contribution in [0.5, 0.6) is 0 Å². The Morgan fingerprint density at radius 2 is 2.00 bits per heavy atom. The summed E-state index contributed by atoms with van der Waals surface area (Å²) in [5.74, 6) is -1.49. The number of carboxylic acid groups (broad SMARTS) is 1. The van der Waals surface area contributed by atoms with Crippen LogP contribution < -0.4 is 5.32 Å². The average molecular weight is 660 g/mol. The minimum absolute atomic E-state index is 0.0542. The second-order valence-corrected chi connectivity index (χ2v) is 13.2. The summed E-state index contributed by atoms with van der Waals surface area (Å²) in [7, 11) is 1.30. The van der Waals surface area contributed by atoms with Crippen molar-refractivity contribution in [1.82, 2.24) is 29.9 Å². The standard InChI is InChI=1S/C30H35ClFN7O5S/c1-16(2)38-13-18(11-23(38)28(40)41)39-14-19-12-36(7-8-37(19)30(39)43)15-22-24(29(42)44-3)25(20-5-4-17(32)10-21(20)31)35-26(34-22)27-33-6-9-45-27/h4-6,9-10,16,18-19,23,25H,7-8,11-15H2,1-3H3,(H,34,35)(H,40,41)/t18-,19?,23-,25+/m1/s1. The second-order valence-electron chi connectivity index (χ2n) is 11.9. The number of urea groups is 1. The zero-order chi connectivity index (χ0) is 32.0. The van der Waals surface area contributed by atoms with E-state index in [1.165, 1.54) is 36.6 Å². The maximum absolute atomic E-state index is 14.0. The van der Waals surface area contributed by atoms with Gasteiger partial charge in [0.05, 0.1) is 18.7 Å². The Kier molecular flexibility index (Phi) is 8.83. The quantitative estimate of drug-likeness (QED) is 0.411. The summed E-state index contributed by atoms with van der Waals surface area (Å²) in [5, 5.41) is 15.7. The number of amidine groups is 1. The van der Waals surface area contributed by atoms with Crippen molar-refractivity contribution in [2.24, 2.45) is 4.99 Å². The third kappa shape index (κ3) is 6.03. The molecule has 4 atom stereocenters. The van der Waals surface area contributed by atoms with E-state index in [0.29, 0.717) is 67.8 Å². The number of piperazine rings is 1. The molecule has 6 rings (SSSR count). The first kappa shape index (κ1) is 31.4. The van der Waals surface area contributed by atoms with E-state index in [-0.39, 0.29) is 34.8 Å². The summed E-state index contributed by atoms with van der Waals surface area (Å²) >= 11 is 7.86. The van der Waals surface area contributed by atoms with E-state index < -0.39 is 29.8 Å². The number of aromatic nitrogens is 1. The van der Waals surface area contributed by atoms with Crippen LogP contribution in [0.1, 0.15) is 36.9 Å². The lowest BCUT2D eigenvalue weighted by Gasteiger charge is -2.38. The highest BCUT2D eigenvalue weighted by Gasteiger charge is 2.48. The van der Waals surface area contributed by atoms with Crippen LogP contribution in [0.25, 0.3) is 0 Å². The van der Waals surface area contributed by atoms with E-state index in [4.69, 9.17) is 21.3 Å². The molecule has 0 radical (unpaired) electrons. The van der Waals surface area contributed by atoms with Gasteiger partial charge >= 0.3 is 18.0 Å². The van der Waals surface area contributed by atoms with E-state index in [2.05, 4.69) is 15.2 Å². The van der Waals surface area contributed by atoms with Gasteiger partial charge in [-0.2, -0.15) is 0 Å². The van der Waals surface area contributed by atoms with Crippen molar-refractivity contribution in [3.63, 3.8) is 0 Å². The van der Waals surface area contributed by atoms with Crippen molar-refractivity contribution >= 4 is 46.7 Å². The minimum Gasteiger partial charge on any atom is -0.480 e. The lowest BCUT2D eigenvalue weighted by Crippen LogP contribution is -2.53. The summed E-state index contributed by atoms with van der Waals surface area (Å²) in [6, 6.07) is 2.24. The third-order valence-electron chi connectivity index (χ3n) is 8.98. The van der Waals surface area contributed by atoms with Crippen LogP contribution in [-0.2, 0) is 14.3 Å². The van der Waals surface area contributed by atoms with Gasteiger partial charge in [0.25, 0.3) is 0 Å². The predicted octanol–water partition coefficient (Wildman–Crippen LogP) is 2.81. The Morgan fingerprint density at radius 1 is 1.20 bits per heavy atom. The number of aliphatic carboxylic acids is 1. The number of aliphatic imine (C=N–C) groups is 1. The fraction of sp³-hybridized carbons (Fsp3) is 0.500. The van der Waals surface area contributed by atoms with Gasteiger partial charge in [-0.05, 0) is 32.4 Å². The van der Waals surface area contributed by atoms with E-state index >= 15 is 0 Å². The molecule has 45 heavy (non-hydrogen) atoms. The first-order valence-corrected chi connectivity index (χ1v) is 16.1. The lowest BCUT2D eigenvalue weighted by atomic mass is 9.95. The molecular formula is C30H35ClFN7O5S. The topological polar surface area (TPSA) is 131 Å². The molecule has 3 saturated heterocycles. The van der Waals surface area contributed by atoms with Gasteiger partial charge in [0.15, 0.2) is 10.8 Å². The van der Waals surface area contributed by atoms with Gasteiger partial charge in [-0.1, -0.05) is 17.7 Å². The summed E-state index contributed by atoms with van der Waals surface area (Å²) in [5.41, 5.74) is 1.28. The zero-order valence-corrected chi connectivity index (χ0v) is 26.7. The highest BCUT2D eigenvalue weighted by atomic mass is 35.5. The summed E-state index contributed by atoms with van der Waals surface area (Å²) < 4.78 is 19.2. The van der Waals surface area contributed by atoms with Crippen LogP contribution in [-0.4, -0.2) is 124 Å². The molecule has 1 unspecified atom stereocenters. The number of carbonyl (C=O) groups is 3. The van der Waals surface area contributed by atoms with Crippen LogP contribution in [0.2, 0.25) is 5.02 Å². The van der Waals surface area contributed by atoms with Crippen molar-refractivity contribution in [2.45, 2.75) is 50.5 Å². The molecule has 0 saturated carbocycles. The number of nitrogens with zero attached hydrogens (tertiary/aromatic N) is 6. The molecule has 4 aliphatic heterocycles. The lowest BCUT2D eigenvalue weighted by molar-refractivity contribution is -0.142. The van der Waals surface area contributed by atoms with E-state index in [1.807, 2.05) is 33.9 Å². The van der Waals surface area contributed by atoms with E-state index in [9.17, 15) is 23.9 Å². The molecule has 2 N–H and O–H groups in total. The molecule has 0 bridgehead atoms. The highest BCUT2D eigenvalue weighted by Crippen LogP contribution is 2.37. The predicted molar refractivity (Wildman–Crippen MR) is 166 cm³/mol. The zero-order valence-electron chi connectivity index (χ0n) is 25.2. The molecular weight excluding hydrogens is 625 g/mol. The molecule has 0 spiro atoms. The number of fused-ring (bicyclic) bond motifs is 1. The van der Waals surface area contributed by atoms with Gasteiger partial charge in [0.1, 0.15) is 17.9 Å². The molecule has 240 valence electrons. The summed E-state index contributed by atoms with van der Waals surface area (Å²) in [6.45, 7) is 6.89. The number of methoxy groups -OCH3 is 1. The van der Waals surface area contributed by atoms with Gasteiger partial charge in [0, 0.05) is 79.2 Å². The first-order valence-electron chi connectivity index (χ1n) is 14.8. The molecule has 2 aromatic rings. The molecule has 1 aromatic carbocycles. The van der Waals surface area contributed by atoms with Crippen molar-refractivity contribution in [3.8, 4) is 0 Å². The third-order valence-corrected chi connectivity index (χ3v) is 10.1. The molecule has 1 aromatic heterocycles. The average Bonchev–Trinajstić information content (AvgIpc) is 3.76. The number of esters is 1. The van der Waals surface area contributed by atoms with Crippen molar-refractivity contribution in [1.29, 1.82) is 0 Å². The molecule has 2 amide bonds. The fourth-order valence-corrected chi connectivity index (χ4v) is 7.67. The second kappa shape index (κ2) is 12.7. The smallest absolute Gasteiger partial charge is 0.338 e. The Balaban J connectivity index is 1.25. The molecule has 15 heteroatoms. The number of carboxylic acids is 1. The van der Waals surface area contributed by atoms with E-state index in [1.54, 1.807) is 6.20 Å². The Labute approximate surface area is 269 Å². The van der Waals surface area contributed by atoms with Gasteiger partial charge < -0.3 is 25.0 Å². The number of carbonyl (C=O) groups excluding carboxylic acids is 2. The minimum atomic E-state index is -0.864. The van der Waals surface area contributed by atoms with Gasteiger partial charge in [0.2, 0.25) is 0 Å². The highest BCUT2D eigenvalue weighted by molar-refractivity contribution is 7.11. The summed E-state index contributed by atoms with van der Waals surface area (Å²) in [6.07, 6.45) is 2.06. The monoisotopic (exact) mass is 659 g/mol. The number of nitrogens with one attached hydrogen (secondary N) is 1. The first-order chi connectivity index (χ1) is 21.5. The van der Waals surface area contributed by atoms with Crippen LogP contribution in [0, 0.1) is 5.82 Å². The number of amides is 2. The SMILES string of the molecule is COC(=O)C1=C(CN2CCN3C(=O)N([C@@H]4C[C@H](C(=O)O)N(C(C)C)C4)CC3C2)NC(c2nccs2)=N[C@H]1c1ccc(F)cc1Cl. The Hall–Kier alpha value is -3.59. The number of thiazole rings is 1. The largest absolute Gasteiger partial charge is 0.480 e. The van der Waals surface area contributed by atoms with Crippen molar-refractivity contribution < 1.29 is 28.6 Å². The molecule has 4 aliphatic rings. The number of halogens is 2. The van der Waals surface area contributed by atoms with Crippen LogP contribution in [0.15, 0.2) is 46.0 Å². The maximum Gasteiger partial charge on any atom is 0.338 e. The molecule has 5 heterocycles. The molecule has 12 nitrogen and oxygen atoms in total. The normalized spacial score (nSPS) is 25.9. The number of hydrogen-bond acceptors (Lipinski definition) is 10. The number of benzene rings is 1. The number of hydrogen-bond donors (Lipinski definition) is 2. The van der Waals surface area contributed by atoms with E-state index in [0.717, 1.165) is 0 Å². The van der Waals surface area contributed by atoms with Crippen LogP contribution in [0.4, 0.5) is 9.18 Å². The van der Waals surface area contributed by atoms with Crippen molar-refractivity contribution in [3.05, 3.63) is 62.5 Å². The number of likely N-dealkylation sites (tertiary alicyclic amines) is 1. The van der Waals surface area contributed by atoms with Crippen LogP contribution >= 0.6 is 22.9 Å². The maximum atomic E-state index is 14.0. The van der Waals surface area contributed by atoms with Crippen molar-refractivity contribution in [2.75, 3.05) is 46.4 Å². The summed E-state index contributed by atoms with van der Waals surface area (Å²) in [4.78, 5) is 55.8. The molecule has 3 fully saturated rings. The van der Waals surface area contributed by atoms with Gasteiger partial charge in [-0.25, -0.2) is 19.0 Å². The number of rotatable bonds is 8.